The van der Waals surface area contributed by atoms with Crippen molar-refractivity contribution in [2.45, 2.75) is 10.6 Å². The molecule has 0 fully saturated rings. The number of hydrogen-bond donors (Lipinski definition) is 2. The molecule has 0 aliphatic rings. The molecule has 0 aliphatic carbocycles. The van der Waals surface area contributed by atoms with E-state index in [1.165, 1.54) is 0 Å². The van der Waals surface area contributed by atoms with Gasteiger partial charge in [-0.15, -0.1) is 11.8 Å². The minimum atomic E-state index is -0.628. The van der Waals surface area contributed by atoms with E-state index < -0.39 is 5.56 Å². The SMILES string of the molecule is COc1cc(-c2c(C#N)c(N)[nH]c(=O)c2C#N)ccc1CSc1ccccc1. The van der Waals surface area contributed by atoms with Crippen LogP contribution in [0.3, 0.4) is 0 Å². The van der Waals surface area contributed by atoms with Crippen LogP contribution < -0.4 is 16.0 Å². The summed E-state index contributed by atoms with van der Waals surface area (Å²) in [5.74, 6) is 1.22. The molecule has 1 heterocycles. The number of anilines is 1. The van der Waals surface area contributed by atoms with Gasteiger partial charge in [0.15, 0.2) is 0 Å². The van der Waals surface area contributed by atoms with Gasteiger partial charge < -0.3 is 15.5 Å². The van der Waals surface area contributed by atoms with E-state index in [2.05, 4.69) is 4.98 Å². The Hall–Kier alpha value is -3.68. The number of nitrogens with zero attached hydrogens (tertiary/aromatic N) is 2. The first-order valence-electron chi connectivity index (χ1n) is 8.30. The molecule has 0 saturated carbocycles. The molecular weight excluding hydrogens is 372 g/mol. The lowest BCUT2D eigenvalue weighted by Gasteiger charge is -2.13. The fourth-order valence-electron chi connectivity index (χ4n) is 2.83. The van der Waals surface area contributed by atoms with E-state index in [-0.39, 0.29) is 22.5 Å². The molecule has 0 amide bonds. The van der Waals surface area contributed by atoms with Gasteiger partial charge in [-0.3, -0.25) is 4.79 Å². The largest absolute Gasteiger partial charge is 0.496 e. The first kappa shape index (κ1) is 19.1. The summed E-state index contributed by atoms with van der Waals surface area (Å²) in [7, 11) is 1.55. The number of aromatic nitrogens is 1. The second kappa shape index (κ2) is 8.34. The van der Waals surface area contributed by atoms with Gasteiger partial charge in [-0.25, -0.2) is 0 Å². The van der Waals surface area contributed by atoms with E-state index in [0.29, 0.717) is 17.1 Å². The molecule has 0 aliphatic heterocycles. The summed E-state index contributed by atoms with van der Waals surface area (Å²) in [5, 5.41) is 18.9. The van der Waals surface area contributed by atoms with Crippen LogP contribution in [-0.4, -0.2) is 12.1 Å². The monoisotopic (exact) mass is 388 g/mol. The molecule has 0 unspecified atom stereocenters. The fraction of sp³-hybridized carbons (Fsp3) is 0.0952. The number of H-pyrrole nitrogens is 1. The highest BCUT2D eigenvalue weighted by atomic mass is 32.2. The highest BCUT2D eigenvalue weighted by molar-refractivity contribution is 7.98. The maximum absolute atomic E-state index is 12.1. The van der Waals surface area contributed by atoms with Crippen molar-refractivity contribution in [2.75, 3.05) is 12.8 Å². The van der Waals surface area contributed by atoms with Crippen molar-refractivity contribution in [2.24, 2.45) is 0 Å². The fourth-order valence-corrected chi connectivity index (χ4v) is 3.74. The van der Waals surface area contributed by atoms with Crippen molar-refractivity contribution in [3.8, 4) is 29.0 Å². The van der Waals surface area contributed by atoms with Crippen molar-refractivity contribution in [1.29, 1.82) is 10.5 Å². The van der Waals surface area contributed by atoms with Gasteiger partial charge in [0.2, 0.25) is 0 Å². The molecule has 0 saturated heterocycles. The van der Waals surface area contributed by atoms with Crippen molar-refractivity contribution < 1.29 is 4.74 Å². The molecule has 6 nitrogen and oxygen atoms in total. The Morgan fingerprint density at radius 2 is 1.82 bits per heavy atom. The van der Waals surface area contributed by atoms with Crippen molar-refractivity contribution in [3.63, 3.8) is 0 Å². The Bertz CT molecular complexity index is 1160. The molecular formula is C21H16N4O2S. The molecule has 7 heteroatoms. The Morgan fingerprint density at radius 3 is 2.46 bits per heavy atom. The number of nitrogen functional groups attached to an aromatic ring is 1. The smallest absolute Gasteiger partial charge is 0.268 e. The average molecular weight is 388 g/mol. The quantitative estimate of drug-likeness (QED) is 0.644. The van der Waals surface area contributed by atoms with Gasteiger partial charge in [0.25, 0.3) is 5.56 Å². The van der Waals surface area contributed by atoms with E-state index in [9.17, 15) is 15.3 Å². The second-order valence-corrected chi connectivity index (χ2v) is 6.89. The molecule has 0 radical (unpaired) electrons. The van der Waals surface area contributed by atoms with Crippen molar-refractivity contribution >= 4 is 17.6 Å². The van der Waals surface area contributed by atoms with E-state index >= 15 is 0 Å². The summed E-state index contributed by atoms with van der Waals surface area (Å²) in [5.41, 5.74) is 6.75. The summed E-state index contributed by atoms with van der Waals surface area (Å²) < 4.78 is 5.51. The number of thioether (sulfide) groups is 1. The normalized spacial score (nSPS) is 10.1. The minimum absolute atomic E-state index is 0.0598. The van der Waals surface area contributed by atoms with Gasteiger partial charge in [0.05, 0.1) is 7.11 Å². The maximum Gasteiger partial charge on any atom is 0.268 e. The number of rotatable bonds is 5. The number of hydrogen-bond acceptors (Lipinski definition) is 6. The van der Waals surface area contributed by atoms with E-state index in [1.807, 2.05) is 48.5 Å². The van der Waals surface area contributed by atoms with Crippen molar-refractivity contribution in [3.05, 3.63) is 75.6 Å². The van der Waals surface area contributed by atoms with Crippen LogP contribution >= 0.6 is 11.8 Å². The van der Waals surface area contributed by atoms with E-state index in [0.717, 1.165) is 10.5 Å². The number of benzene rings is 2. The molecule has 28 heavy (non-hydrogen) atoms. The van der Waals surface area contributed by atoms with Crippen LogP contribution in [0.2, 0.25) is 0 Å². The predicted octanol–water partition coefficient (Wildman–Crippen LogP) is 3.67. The lowest BCUT2D eigenvalue weighted by atomic mass is 9.95. The van der Waals surface area contributed by atoms with Gasteiger partial charge in [0.1, 0.15) is 34.8 Å². The predicted molar refractivity (Wildman–Crippen MR) is 109 cm³/mol. The molecule has 3 aromatic rings. The molecule has 2 aromatic carbocycles. The standard InChI is InChI=1S/C21H16N4O2S/c1-27-18-9-13(7-8-14(18)12-28-15-5-3-2-4-6-15)19-16(10-22)20(24)25-21(26)17(19)11-23/h2-9H,12H2,1H3,(H3,24,25,26). The van der Waals surface area contributed by atoms with Crippen LogP contribution in [0.5, 0.6) is 5.75 Å². The topological polar surface area (TPSA) is 116 Å². The first-order valence-corrected chi connectivity index (χ1v) is 9.28. The summed E-state index contributed by atoms with van der Waals surface area (Å²) in [4.78, 5) is 15.6. The van der Waals surface area contributed by atoms with Gasteiger partial charge in [-0.05, 0) is 23.8 Å². The van der Waals surface area contributed by atoms with Crippen LogP contribution in [0, 0.1) is 22.7 Å². The van der Waals surface area contributed by atoms with E-state index in [4.69, 9.17) is 10.5 Å². The highest BCUT2D eigenvalue weighted by Crippen LogP contribution is 2.34. The molecule has 3 N–H and O–H groups in total. The lowest BCUT2D eigenvalue weighted by molar-refractivity contribution is 0.411. The van der Waals surface area contributed by atoms with E-state index in [1.54, 1.807) is 31.0 Å². The highest BCUT2D eigenvalue weighted by Gasteiger charge is 2.19. The first-order chi connectivity index (χ1) is 13.6. The zero-order chi connectivity index (χ0) is 20.1. The van der Waals surface area contributed by atoms with Crippen LogP contribution in [0.15, 0.2) is 58.2 Å². The molecule has 3 rings (SSSR count). The van der Waals surface area contributed by atoms with Gasteiger partial charge >= 0.3 is 0 Å². The molecule has 138 valence electrons. The third-order valence-corrected chi connectivity index (χ3v) is 5.24. The minimum Gasteiger partial charge on any atom is -0.496 e. The Labute approximate surface area is 166 Å². The third kappa shape index (κ3) is 3.71. The maximum atomic E-state index is 12.1. The zero-order valence-corrected chi connectivity index (χ0v) is 15.8. The number of ether oxygens (including phenoxy) is 1. The Balaban J connectivity index is 2.05. The number of methoxy groups -OCH3 is 1. The van der Waals surface area contributed by atoms with Crippen LogP contribution in [-0.2, 0) is 5.75 Å². The number of pyridine rings is 1. The molecule has 0 atom stereocenters. The van der Waals surface area contributed by atoms with Gasteiger partial charge in [-0.1, -0.05) is 30.3 Å². The van der Waals surface area contributed by atoms with Crippen LogP contribution in [0.4, 0.5) is 5.82 Å². The Kier molecular flexibility index (Phi) is 5.69. The summed E-state index contributed by atoms with van der Waals surface area (Å²) in [6.45, 7) is 0. The zero-order valence-electron chi connectivity index (χ0n) is 15.0. The molecule has 0 bridgehead atoms. The average Bonchev–Trinajstić information content (AvgIpc) is 2.72. The summed E-state index contributed by atoms with van der Waals surface area (Å²) >= 11 is 1.67. The van der Waals surface area contributed by atoms with Crippen molar-refractivity contribution in [1.82, 2.24) is 4.98 Å². The summed E-state index contributed by atoms with van der Waals surface area (Å²) in [6.07, 6.45) is 0. The Morgan fingerprint density at radius 1 is 1.11 bits per heavy atom. The van der Waals surface area contributed by atoms with Gasteiger partial charge in [0, 0.05) is 21.8 Å². The second-order valence-electron chi connectivity index (χ2n) is 5.84. The van der Waals surface area contributed by atoms with Gasteiger partial charge in [-0.2, -0.15) is 10.5 Å². The van der Waals surface area contributed by atoms with Crippen LogP contribution in [0.1, 0.15) is 16.7 Å². The number of nitriles is 2. The number of nitrogens with two attached hydrogens (primary N) is 1. The molecule has 0 spiro atoms. The number of nitrogens with one attached hydrogen (secondary N) is 1. The third-order valence-electron chi connectivity index (χ3n) is 4.18. The summed E-state index contributed by atoms with van der Waals surface area (Å²) in [6, 6.07) is 19.2. The van der Waals surface area contributed by atoms with Crippen LogP contribution in [0.25, 0.3) is 11.1 Å². The molecule has 1 aromatic heterocycles. The number of aromatic amines is 1. The lowest BCUT2D eigenvalue weighted by Crippen LogP contribution is -2.16.